The number of ketones is 1. The molecule has 0 fully saturated rings. The van der Waals surface area contributed by atoms with E-state index in [4.69, 9.17) is 0 Å². The van der Waals surface area contributed by atoms with Crippen LogP contribution in [-0.2, 0) is 9.59 Å². The van der Waals surface area contributed by atoms with Gasteiger partial charge in [0.05, 0.1) is 33.6 Å². The Labute approximate surface area is 87.7 Å². The van der Waals surface area contributed by atoms with E-state index >= 15 is 0 Å². The molecule has 0 atom stereocenters. The second-order valence-electron chi connectivity index (χ2n) is 4.14. The van der Waals surface area contributed by atoms with E-state index in [2.05, 4.69) is 14.1 Å². The van der Waals surface area contributed by atoms with Gasteiger partial charge in [-0.15, -0.1) is 0 Å². The number of quaternary nitrogens is 1. The number of nitrogens with zero attached hydrogens (tertiary/aromatic N) is 1. The van der Waals surface area contributed by atoms with Gasteiger partial charge in [0.15, 0.2) is 0 Å². The van der Waals surface area contributed by atoms with Gasteiger partial charge in [0.1, 0.15) is 12.1 Å². The lowest BCUT2D eigenvalue weighted by Crippen LogP contribution is -2.41. The van der Waals surface area contributed by atoms with E-state index in [0.29, 0.717) is 12.8 Å². The van der Waals surface area contributed by atoms with Gasteiger partial charge in [0.2, 0.25) is 0 Å². The van der Waals surface area contributed by atoms with E-state index in [0.717, 1.165) is 30.3 Å². The summed E-state index contributed by atoms with van der Waals surface area (Å²) in [6.07, 6.45) is 3.12. The van der Waals surface area contributed by atoms with Crippen molar-refractivity contribution in [3.8, 4) is 0 Å². The standard InChI is InChI=1S/C10H20NO2.CH4/c1-10(13)6-8-11(2,3)7-4-5-9-12;/h9H,4-8H2,1-3H3;1H4/q+1;. The summed E-state index contributed by atoms with van der Waals surface area (Å²) in [7, 11) is 4.18. The molecule has 0 aromatic heterocycles. The van der Waals surface area contributed by atoms with Crippen LogP contribution >= 0.6 is 0 Å². The van der Waals surface area contributed by atoms with Gasteiger partial charge in [0, 0.05) is 12.8 Å². The van der Waals surface area contributed by atoms with E-state index in [1.54, 1.807) is 6.92 Å². The van der Waals surface area contributed by atoms with Crippen LogP contribution in [-0.4, -0.2) is 43.7 Å². The van der Waals surface area contributed by atoms with Crippen LogP contribution in [0.1, 0.15) is 33.6 Å². The number of hydrogen-bond donors (Lipinski definition) is 0. The molecule has 0 aliphatic heterocycles. The fourth-order valence-corrected chi connectivity index (χ4v) is 1.17. The first-order valence-electron chi connectivity index (χ1n) is 4.73. The van der Waals surface area contributed by atoms with Crippen LogP contribution in [0.4, 0.5) is 0 Å². The van der Waals surface area contributed by atoms with E-state index in [1.807, 2.05) is 0 Å². The Bertz CT molecular complexity index is 176. The van der Waals surface area contributed by atoms with Crippen LogP contribution in [0.2, 0.25) is 0 Å². The van der Waals surface area contributed by atoms with Crippen LogP contribution in [0.25, 0.3) is 0 Å². The summed E-state index contributed by atoms with van der Waals surface area (Å²) in [5, 5.41) is 0. The SMILES string of the molecule is C.CC(=O)CC[N+](C)(C)CCCC=O. The van der Waals surface area contributed by atoms with E-state index in [-0.39, 0.29) is 13.2 Å². The number of Topliss-reactive ketones (excluding diaryl/α,β-unsaturated/α-hetero) is 1. The molecule has 0 spiro atoms. The fraction of sp³-hybridized carbons (Fsp3) is 0.818. The molecule has 0 aromatic carbocycles. The first-order valence-corrected chi connectivity index (χ1v) is 4.73. The Morgan fingerprint density at radius 3 is 2.29 bits per heavy atom. The third kappa shape index (κ3) is 9.39. The molecule has 0 unspecified atom stereocenters. The summed E-state index contributed by atoms with van der Waals surface area (Å²) in [5.74, 6) is 0.238. The number of aldehydes is 1. The maximum absolute atomic E-state index is 10.8. The van der Waals surface area contributed by atoms with Crippen molar-refractivity contribution in [2.75, 3.05) is 27.2 Å². The minimum absolute atomic E-state index is 0. The van der Waals surface area contributed by atoms with Crippen LogP contribution in [0.5, 0.6) is 0 Å². The first kappa shape index (κ1) is 15.8. The molecule has 3 heteroatoms. The predicted molar refractivity (Wildman–Crippen MR) is 59.2 cm³/mol. The van der Waals surface area contributed by atoms with Crippen molar-refractivity contribution in [3.63, 3.8) is 0 Å². The smallest absolute Gasteiger partial charge is 0.135 e. The van der Waals surface area contributed by atoms with Gasteiger partial charge in [-0.2, -0.15) is 0 Å². The maximum atomic E-state index is 10.8. The largest absolute Gasteiger partial charge is 0.328 e. The van der Waals surface area contributed by atoms with Gasteiger partial charge in [-0.05, 0) is 6.92 Å². The van der Waals surface area contributed by atoms with Crippen molar-refractivity contribution in [1.29, 1.82) is 0 Å². The minimum atomic E-state index is 0. The van der Waals surface area contributed by atoms with Crippen LogP contribution in [0, 0.1) is 0 Å². The highest BCUT2D eigenvalue weighted by Gasteiger charge is 2.14. The lowest BCUT2D eigenvalue weighted by Gasteiger charge is -2.29. The quantitative estimate of drug-likeness (QED) is 0.357. The van der Waals surface area contributed by atoms with Gasteiger partial charge in [0.25, 0.3) is 0 Å². The van der Waals surface area contributed by atoms with Crippen molar-refractivity contribution < 1.29 is 14.1 Å². The molecule has 0 aromatic rings. The van der Waals surface area contributed by atoms with Crippen molar-refractivity contribution in [1.82, 2.24) is 0 Å². The Hall–Kier alpha value is -0.700. The number of rotatable bonds is 7. The predicted octanol–water partition coefficient (Wildman–Crippen LogP) is 1.66. The minimum Gasteiger partial charge on any atom is -0.328 e. The highest BCUT2D eigenvalue weighted by molar-refractivity contribution is 5.75. The number of hydrogen-bond acceptors (Lipinski definition) is 2. The zero-order valence-electron chi connectivity index (χ0n) is 8.88. The third-order valence-electron chi connectivity index (χ3n) is 2.15. The van der Waals surface area contributed by atoms with Gasteiger partial charge in [-0.3, -0.25) is 4.79 Å². The molecule has 3 nitrogen and oxygen atoms in total. The Kier molecular flexibility index (Phi) is 8.65. The third-order valence-corrected chi connectivity index (χ3v) is 2.15. The van der Waals surface area contributed by atoms with Gasteiger partial charge < -0.3 is 9.28 Å². The van der Waals surface area contributed by atoms with Crippen molar-refractivity contribution >= 4 is 12.1 Å². The average Bonchev–Trinajstić information content (AvgIpc) is 2.02. The Morgan fingerprint density at radius 1 is 1.29 bits per heavy atom. The fourth-order valence-electron chi connectivity index (χ4n) is 1.17. The van der Waals surface area contributed by atoms with E-state index in [9.17, 15) is 9.59 Å². The van der Waals surface area contributed by atoms with Gasteiger partial charge in [-0.1, -0.05) is 7.43 Å². The number of carbonyl (C=O) groups excluding carboxylic acids is 2. The van der Waals surface area contributed by atoms with Crippen molar-refractivity contribution in [2.24, 2.45) is 0 Å². The summed E-state index contributed by atoms with van der Waals surface area (Å²) in [5.41, 5.74) is 0. The zero-order valence-corrected chi connectivity index (χ0v) is 8.88. The summed E-state index contributed by atoms with van der Waals surface area (Å²) in [4.78, 5) is 20.8. The molecule has 0 heterocycles. The normalized spacial score (nSPS) is 10.5. The monoisotopic (exact) mass is 202 g/mol. The molecule has 0 saturated carbocycles. The highest BCUT2D eigenvalue weighted by atomic mass is 16.1. The zero-order chi connectivity index (χ0) is 10.3. The number of unbranched alkanes of at least 4 members (excludes halogenated alkanes) is 1. The molecular formula is C11H24NO2+. The van der Waals surface area contributed by atoms with Crippen molar-refractivity contribution in [3.05, 3.63) is 0 Å². The maximum Gasteiger partial charge on any atom is 0.135 e. The molecule has 0 amide bonds. The highest BCUT2D eigenvalue weighted by Crippen LogP contribution is 2.02. The molecule has 0 rings (SSSR count). The Morgan fingerprint density at radius 2 is 1.86 bits per heavy atom. The molecule has 0 aliphatic rings. The molecular weight excluding hydrogens is 178 g/mol. The number of carbonyl (C=O) groups is 2. The topological polar surface area (TPSA) is 34.1 Å². The molecule has 0 aliphatic carbocycles. The molecule has 0 N–H and O–H groups in total. The van der Waals surface area contributed by atoms with Gasteiger partial charge in [-0.25, -0.2) is 0 Å². The molecule has 84 valence electrons. The summed E-state index contributed by atoms with van der Waals surface area (Å²) in [6.45, 7) is 3.45. The second kappa shape index (κ2) is 7.68. The summed E-state index contributed by atoms with van der Waals surface area (Å²) < 4.78 is 0.827. The van der Waals surface area contributed by atoms with Crippen LogP contribution in [0.3, 0.4) is 0 Å². The van der Waals surface area contributed by atoms with Crippen LogP contribution < -0.4 is 0 Å². The second-order valence-corrected chi connectivity index (χ2v) is 4.14. The van der Waals surface area contributed by atoms with E-state index in [1.165, 1.54) is 0 Å². The molecule has 14 heavy (non-hydrogen) atoms. The molecule has 0 saturated heterocycles. The summed E-state index contributed by atoms with van der Waals surface area (Å²) >= 11 is 0. The van der Waals surface area contributed by atoms with E-state index < -0.39 is 0 Å². The lowest BCUT2D eigenvalue weighted by atomic mass is 10.2. The lowest BCUT2D eigenvalue weighted by molar-refractivity contribution is -0.889. The van der Waals surface area contributed by atoms with Crippen molar-refractivity contribution in [2.45, 2.75) is 33.6 Å². The average molecular weight is 202 g/mol. The summed E-state index contributed by atoms with van der Waals surface area (Å²) in [6, 6.07) is 0. The molecule has 0 bridgehead atoms. The first-order chi connectivity index (χ1) is 5.98. The van der Waals surface area contributed by atoms with Gasteiger partial charge >= 0.3 is 0 Å². The molecule has 0 radical (unpaired) electrons. The van der Waals surface area contributed by atoms with Crippen LogP contribution in [0.15, 0.2) is 0 Å². The Balaban J connectivity index is 0.